The highest BCUT2D eigenvalue weighted by Crippen LogP contribution is 2.14. The Hall–Kier alpha value is 0.0500. The van der Waals surface area contributed by atoms with Crippen molar-refractivity contribution in [2.45, 2.75) is 0 Å². The summed E-state index contributed by atoms with van der Waals surface area (Å²) < 4.78 is 8.74. The van der Waals surface area contributed by atoms with Crippen molar-refractivity contribution in [2.75, 3.05) is 20.0 Å². The summed E-state index contributed by atoms with van der Waals surface area (Å²) in [7, 11) is -2.75. The first kappa shape index (κ1) is 17.2. The van der Waals surface area contributed by atoms with Gasteiger partial charge in [-0.25, -0.2) is 0 Å². The summed E-state index contributed by atoms with van der Waals surface area (Å²) in [6, 6.07) is 0. The first-order valence-electron chi connectivity index (χ1n) is 2.49. The fraction of sp³-hybridized carbons (Fsp3) is 0.750. The minimum absolute atomic E-state index is 0.250. The number of hydrogen-bond acceptors (Lipinski definition) is 2. The average molecular weight is 204 g/mol. The van der Waals surface area contributed by atoms with E-state index in [-0.39, 0.29) is 6.47 Å². The number of carbonyl (C=O) groups is 1. The molecule has 5 nitrogen and oxygen atoms in total. The van der Waals surface area contributed by atoms with Gasteiger partial charge in [0, 0.05) is 0 Å². The standard InChI is InChI=1S/C3H9P.CH2O2.H3O3P/c1-4(2)3;2-1-3;1-4(2)3/h1-3H3;1H,(H,2,3);4H,(H2,1,2,3). The molecule has 11 heavy (non-hydrogen) atoms. The average Bonchev–Trinajstić information content (AvgIpc) is 1.60. The Morgan fingerprint density at radius 3 is 1.27 bits per heavy atom. The molecule has 7 heteroatoms. The molecular weight excluding hydrogens is 190 g/mol. The van der Waals surface area contributed by atoms with Gasteiger partial charge in [-0.05, 0) is 20.0 Å². The lowest BCUT2D eigenvalue weighted by Crippen LogP contribution is -1.49. The van der Waals surface area contributed by atoms with Gasteiger partial charge in [0.15, 0.2) is 0 Å². The molecule has 0 aromatic heterocycles. The topological polar surface area (TPSA) is 94.8 Å². The van der Waals surface area contributed by atoms with Crippen molar-refractivity contribution in [1.82, 2.24) is 0 Å². The Labute approximate surface area is 67.8 Å². The van der Waals surface area contributed by atoms with E-state index in [4.69, 9.17) is 24.3 Å². The Balaban J connectivity index is -0.0000000886. The predicted octanol–water partition coefficient (Wildman–Crippen LogP) is 0.419. The van der Waals surface area contributed by atoms with Gasteiger partial charge in [-0.2, -0.15) is 0 Å². The highest BCUT2D eigenvalue weighted by molar-refractivity contribution is 7.55. The lowest BCUT2D eigenvalue weighted by Gasteiger charge is -1.81. The molecule has 0 bridgehead atoms. The highest BCUT2D eigenvalue weighted by Gasteiger charge is 1.65. The number of carboxylic acid groups (broad SMARTS) is 1. The van der Waals surface area contributed by atoms with Crippen LogP contribution in [0.5, 0.6) is 0 Å². The second-order valence-corrected chi connectivity index (χ2v) is 4.98. The largest absolute Gasteiger partial charge is 0.483 e. The molecule has 0 fully saturated rings. The smallest absolute Gasteiger partial charge is 0.314 e. The SMILES string of the molecule is CP(C)C.O=CO.O=[PH](O)O. The van der Waals surface area contributed by atoms with E-state index in [0.29, 0.717) is 7.92 Å². The molecular formula is C4H14O5P2. The minimum atomic E-state index is -3.13. The Morgan fingerprint density at radius 2 is 1.27 bits per heavy atom. The summed E-state index contributed by atoms with van der Waals surface area (Å²) in [5.41, 5.74) is 0. The summed E-state index contributed by atoms with van der Waals surface area (Å²) in [5, 5.41) is 6.89. The van der Waals surface area contributed by atoms with Crippen LogP contribution in [-0.4, -0.2) is 41.4 Å². The molecule has 0 aromatic rings. The third-order valence-electron chi connectivity index (χ3n) is 0. The second-order valence-electron chi connectivity index (χ2n) is 1.73. The van der Waals surface area contributed by atoms with Crippen LogP contribution in [0.2, 0.25) is 0 Å². The van der Waals surface area contributed by atoms with Crippen LogP contribution >= 0.6 is 16.2 Å². The fourth-order valence-electron chi connectivity index (χ4n) is 0. The van der Waals surface area contributed by atoms with Crippen molar-refractivity contribution in [3.05, 3.63) is 0 Å². The molecule has 0 aromatic carbocycles. The Kier molecular flexibility index (Phi) is 25.9. The first-order chi connectivity index (χ1) is 4.88. The van der Waals surface area contributed by atoms with E-state index in [1.54, 1.807) is 0 Å². The van der Waals surface area contributed by atoms with Crippen molar-refractivity contribution >= 4 is 22.6 Å². The Bertz CT molecular complexity index is 87.7. The molecule has 3 N–H and O–H groups in total. The fourth-order valence-corrected chi connectivity index (χ4v) is 0. The summed E-state index contributed by atoms with van der Waals surface area (Å²) in [6.45, 7) is 6.44. The molecule has 0 saturated heterocycles. The van der Waals surface area contributed by atoms with Crippen LogP contribution in [-0.2, 0) is 9.36 Å². The third kappa shape index (κ3) is 261000. The van der Waals surface area contributed by atoms with E-state index in [2.05, 4.69) is 20.0 Å². The Morgan fingerprint density at radius 1 is 1.27 bits per heavy atom. The molecule has 0 heterocycles. The van der Waals surface area contributed by atoms with E-state index < -0.39 is 8.25 Å². The van der Waals surface area contributed by atoms with E-state index in [1.807, 2.05) is 0 Å². The van der Waals surface area contributed by atoms with Gasteiger partial charge in [0.2, 0.25) is 0 Å². The van der Waals surface area contributed by atoms with Crippen LogP contribution in [0.4, 0.5) is 0 Å². The summed E-state index contributed by atoms with van der Waals surface area (Å²) >= 11 is 0. The highest BCUT2D eigenvalue weighted by atomic mass is 31.1. The molecule has 0 aliphatic heterocycles. The van der Waals surface area contributed by atoms with Gasteiger partial charge in [-0.3, -0.25) is 9.36 Å². The molecule has 0 atom stereocenters. The third-order valence-corrected chi connectivity index (χ3v) is 0. The van der Waals surface area contributed by atoms with Gasteiger partial charge < -0.3 is 14.9 Å². The molecule has 0 rings (SSSR count). The van der Waals surface area contributed by atoms with Gasteiger partial charge in [-0.15, -0.1) is 7.92 Å². The predicted molar refractivity (Wildman–Crippen MR) is 46.8 cm³/mol. The molecule has 0 radical (unpaired) electrons. The second kappa shape index (κ2) is 16.6. The molecule has 0 spiro atoms. The lowest BCUT2D eigenvalue weighted by molar-refractivity contribution is -0.122. The van der Waals surface area contributed by atoms with Crippen LogP contribution in [0, 0.1) is 0 Å². The molecule has 0 amide bonds. The molecule has 0 unspecified atom stereocenters. The van der Waals surface area contributed by atoms with Gasteiger partial charge in [0.25, 0.3) is 6.47 Å². The quantitative estimate of drug-likeness (QED) is 0.392. The maximum Gasteiger partial charge on any atom is 0.314 e. The van der Waals surface area contributed by atoms with Crippen molar-refractivity contribution in [3.63, 3.8) is 0 Å². The van der Waals surface area contributed by atoms with Crippen LogP contribution in [0.1, 0.15) is 0 Å². The molecule has 70 valence electrons. The minimum Gasteiger partial charge on any atom is -0.483 e. The van der Waals surface area contributed by atoms with Gasteiger partial charge in [-0.1, -0.05) is 0 Å². The van der Waals surface area contributed by atoms with Gasteiger partial charge >= 0.3 is 8.25 Å². The van der Waals surface area contributed by atoms with Gasteiger partial charge in [0.05, 0.1) is 0 Å². The molecule has 0 aliphatic rings. The zero-order chi connectivity index (χ0) is 9.86. The zero-order valence-electron chi connectivity index (χ0n) is 6.68. The van der Waals surface area contributed by atoms with E-state index >= 15 is 0 Å². The van der Waals surface area contributed by atoms with Crippen LogP contribution < -0.4 is 0 Å². The van der Waals surface area contributed by atoms with Crippen LogP contribution in [0.15, 0.2) is 0 Å². The summed E-state index contributed by atoms with van der Waals surface area (Å²) in [6.07, 6.45) is 0. The van der Waals surface area contributed by atoms with Crippen molar-refractivity contribution in [2.24, 2.45) is 0 Å². The monoisotopic (exact) mass is 204 g/mol. The van der Waals surface area contributed by atoms with E-state index in [1.165, 1.54) is 0 Å². The van der Waals surface area contributed by atoms with Gasteiger partial charge in [0.1, 0.15) is 0 Å². The zero-order valence-corrected chi connectivity index (χ0v) is 8.58. The first-order valence-corrected chi connectivity index (χ1v) is 6.47. The normalized spacial score (nSPS) is 7.55. The number of hydrogen-bond donors (Lipinski definition) is 3. The van der Waals surface area contributed by atoms with Crippen LogP contribution in [0.25, 0.3) is 0 Å². The maximum absolute atomic E-state index is 8.74. The lowest BCUT2D eigenvalue weighted by atomic mass is 11.7. The van der Waals surface area contributed by atoms with E-state index in [9.17, 15) is 0 Å². The maximum atomic E-state index is 8.74. The van der Waals surface area contributed by atoms with Crippen LogP contribution in [0.3, 0.4) is 0 Å². The summed E-state index contributed by atoms with van der Waals surface area (Å²) in [4.78, 5) is 22.7. The van der Waals surface area contributed by atoms with Crippen molar-refractivity contribution < 1.29 is 24.3 Å². The number of rotatable bonds is 0. The molecule has 0 aliphatic carbocycles. The molecule has 0 saturated carbocycles. The van der Waals surface area contributed by atoms with Crippen molar-refractivity contribution in [3.8, 4) is 0 Å². The van der Waals surface area contributed by atoms with Crippen molar-refractivity contribution in [1.29, 1.82) is 0 Å². The summed E-state index contributed by atoms with van der Waals surface area (Å²) in [5.74, 6) is 0. The van der Waals surface area contributed by atoms with E-state index in [0.717, 1.165) is 0 Å².